The predicted octanol–water partition coefficient (Wildman–Crippen LogP) is 3.10. The van der Waals surface area contributed by atoms with Crippen LogP contribution in [0.3, 0.4) is 0 Å². The summed E-state index contributed by atoms with van der Waals surface area (Å²) in [7, 11) is -3.75. The molecule has 1 aromatic carbocycles. The molecular weight excluding hydrogens is 346 g/mol. The summed E-state index contributed by atoms with van der Waals surface area (Å²) < 4.78 is 53.0. The maximum Gasteiger partial charge on any atom is 0.243 e. The zero-order valence-electron chi connectivity index (χ0n) is 14.6. The molecular formula is C18H26F2N2O2S. The van der Waals surface area contributed by atoms with Crippen LogP contribution in [0.25, 0.3) is 0 Å². The maximum absolute atomic E-state index is 13.4. The van der Waals surface area contributed by atoms with Crippen LogP contribution >= 0.6 is 0 Å². The van der Waals surface area contributed by atoms with Gasteiger partial charge in [-0.1, -0.05) is 6.92 Å². The molecule has 0 unspecified atom stereocenters. The van der Waals surface area contributed by atoms with Gasteiger partial charge in [0, 0.05) is 26.2 Å². The molecule has 2 fully saturated rings. The Morgan fingerprint density at radius 3 is 2.44 bits per heavy atom. The number of halogens is 2. The van der Waals surface area contributed by atoms with E-state index < -0.39 is 21.7 Å². The van der Waals surface area contributed by atoms with Gasteiger partial charge >= 0.3 is 0 Å². The Balaban J connectivity index is 1.58. The van der Waals surface area contributed by atoms with Gasteiger partial charge in [0.25, 0.3) is 0 Å². The predicted molar refractivity (Wildman–Crippen MR) is 92.7 cm³/mol. The van der Waals surface area contributed by atoms with E-state index in [-0.39, 0.29) is 4.90 Å². The molecule has 1 aromatic rings. The summed E-state index contributed by atoms with van der Waals surface area (Å²) in [5.74, 6) is -0.923. The van der Waals surface area contributed by atoms with Crippen LogP contribution in [0.4, 0.5) is 8.78 Å². The summed E-state index contributed by atoms with van der Waals surface area (Å²) in [5, 5.41) is 0. The van der Waals surface area contributed by atoms with Crippen molar-refractivity contribution >= 4 is 10.0 Å². The molecule has 0 saturated carbocycles. The van der Waals surface area contributed by atoms with Crippen molar-refractivity contribution in [3.05, 3.63) is 29.8 Å². The van der Waals surface area contributed by atoms with Crippen molar-refractivity contribution < 1.29 is 17.2 Å². The number of piperidine rings is 2. The Bertz CT molecular complexity index is 703. The standard InChI is InChI=1S/C18H26F2N2O2S/c1-14-3-2-8-21(12-14)13-15-6-9-22(10-7-15)25(23,24)16-4-5-17(19)18(20)11-16/h4-5,11,14-15H,2-3,6-10,12-13H2,1H3/t14-/m1/s1. The Labute approximate surface area is 148 Å². The topological polar surface area (TPSA) is 40.6 Å². The molecule has 2 heterocycles. The summed E-state index contributed by atoms with van der Waals surface area (Å²) in [6, 6.07) is 2.77. The molecule has 140 valence electrons. The van der Waals surface area contributed by atoms with Crippen LogP contribution in [0.1, 0.15) is 32.6 Å². The van der Waals surface area contributed by atoms with Crippen molar-refractivity contribution in [2.45, 2.75) is 37.5 Å². The first-order chi connectivity index (χ1) is 11.9. The number of sulfonamides is 1. The molecule has 1 atom stereocenters. The number of likely N-dealkylation sites (tertiary alicyclic amines) is 1. The largest absolute Gasteiger partial charge is 0.303 e. The lowest BCUT2D eigenvalue weighted by atomic mass is 9.94. The smallest absolute Gasteiger partial charge is 0.243 e. The molecule has 0 bridgehead atoms. The molecule has 0 N–H and O–H groups in total. The van der Waals surface area contributed by atoms with Gasteiger partial charge in [0.15, 0.2) is 11.6 Å². The average molecular weight is 372 g/mol. The normalized spacial score (nSPS) is 24.5. The van der Waals surface area contributed by atoms with Crippen LogP contribution < -0.4 is 0 Å². The monoisotopic (exact) mass is 372 g/mol. The lowest BCUT2D eigenvalue weighted by molar-refractivity contribution is 0.136. The van der Waals surface area contributed by atoms with E-state index in [1.54, 1.807) is 0 Å². The summed E-state index contributed by atoms with van der Waals surface area (Å²) in [6.07, 6.45) is 4.16. The molecule has 2 aliphatic heterocycles. The van der Waals surface area contributed by atoms with Crippen LogP contribution in [0.2, 0.25) is 0 Å². The molecule has 25 heavy (non-hydrogen) atoms. The van der Waals surface area contributed by atoms with Gasteiger partial charge in [-0.15, -0.1) is 0 Å². The number of hydrogen-bond acceptors (Lipinski definition) is 3. The molecule has 0 spiro atoms. The van der Waals surface area contributed by atoms with Crippen molar-refractivity contribution in [2.75, 3.05) is 32.7 Å². The highest BCUT2D eigenvalue weighted by molar-refractivity contribution is 7.89. The fraction of sp³-hybridized carbons (Fsp3) is 0.667. The van der Waals surface area contributed by atoms with Gasteiger partial charge < -0.3 is 4.90 Å². The molecule has 0 aliphatic carbocycles. The lowest BCUT2D eigenvalue weighted by Gasteiger charge is -2.37. The van der Waals surface area contributed by atoms with Crippen molar-refractivity contribution in [3.63, 3.8) is 0 Å². The molecule has 7 heteroatoms. The molecule has 4 nitrogen and oxygen atoms in total. The van der Waals surface area contributed by atoms with E-state index in [4.69, 9.17) is 0 Å². The van der Waals surface area contributed by atoms with Crippen molar-refractivity contribution in [1.82, 2.24) is 9.21 Å². The van der Waals surface area contributed by atoms with Crippen LogP contribution in [0.15, 0.2) is 23.1 Å². The Kier molecular flexibility index (Phi) is 5.75. The third-order valence-electron chi connectivity index (χ3n) is 5.36. The van der Waals surface area contributed by atoms with E-state index in [1.165, 1.54) is 17.1 Å². The highest BCUT2D eigenvalue weighted by Gasteiger charge is 2.31. The van der Waals surface area contributed by atoms with E-state index >= 15 is 0 Å². The quantitative estimate of drug-likeness (QED) is 0.815. The van der Waals surface area contributed by atoms with Crippen LogP contribution in [-0.2, 0) is 10.0 Å². The average Bonchev–Trinajstić information content (AvgIpc) is 2.58. The fourth-order valence-electron chi connectivity index (χ4n) is 3.94. The van der Waals surface area contributed by atoms with Gasteiger partial charge in [0.05, 0.1) is 4.90 Å². The lowest BCUT2D eigenvalue weighted by Crippen LogP contribution is -2.43. The van der Waals surface area contributed by atoms with Gasteiger partial charge in [-0.2, -0.15) is 4.31 Å². The second kappa shape index (κ2) is 7.68. The number of nitrogens with zero attached hydrogens (tertiary/aromatic N) is 2. The first-order valence-electron chi connectivity index (χ1n) is 9.04. The van der Waals surface area contributed by atoms with Gasteiger partial charge in [-0.25, -0.2) is 17.2 Å². The fourth-order valence-corrected chi connectivity index (χ4v) is 5.42. The molecule has 0 amide bonds. The number of hydrogen-bond donors (Lipinski definition) is 0. The zero-order valence-corrected chi connectivity index (χ0v) is 15.4. The van der Waals surface area contributed by atoms with Gasteiger partial charge in [-0.05, 0) is 62.3 Å². The van der Waals surface area contributed by atoms with Gasteiger partial charge in [0.2, 0.25) is 10.0 Å². The van der Waals surface area contributed by atoms with E-state index in [9.17, 15) is 17.2 Å². The highest BCUT2D eigenvalue weighted by Crippen LogP contribution is 2.26. The van der Waals surface area contributed by atoms with Crippen LogP contribution in [0.5, 0.6) is 0 Å². The van der Waals surface area contributed by atoms with Crippen molar-refractivity contribution in [3.8, 4) is 0 Å². The van der Waals surface area contributed by atoms with Crippen molar-refractivity contribution in [1.29, 1.82) is 0 Å². The number of rotatable bonds is 4. The number of benzene rings is 1. The van der Waals surface area contributed by atoms with Crippen LogP contribution in [0, 0.1) is 23.5 Å². The van der Waals surface area contributed by atoms with Gasteiger partial charge in [-0.3, -0.25) is 0 Å². The SMILES string of the molecule is C[C@@H]1CCCN(CC2CCN(S(=O)(=O)c3ccc(F)c(F)c3)CC2)C1. The Morgan fingerprint density at radius 2 is 1.80 bits per heavy atom. The summed E-state index contributed by atoms with van der Waals surface area (Å²) in [4.78, 5) is 2.33. The van der Waals surface area contributed by atoms with E-state index in [0.717, 1.165) is 56.6 Å². The molecule has 2 aliphatic rings. The first-order valence-corrected chi connectivity index (χ1v) is 10.5. The Hall–Kier alpha value is -1.05. The summed E-state index contributed by atoms with van der Waals surface area (Å²) in [6.45, 7) is 6.46. The third-order valence-corrected chi connectivity index (χ3v) is 7.25. The summed E-state index contributed by atoms with van der Waals surface area (Å²) >= 11 is 0. The first kappa shape index (κ1) is 18.7. The molecule has 3 rings (SSSR count). The minimum Gasteiger partial charge on any atom is -0.303 e. The molecule has 0 aromatic heterocycles. The van der Waals surface area contributed by atoms with E-state index in [1.807, 2.05) is 0 Å². The second-order valence-corrected chi connectivity index (χ2v) is 9.37. The van der Waals surface area contributed by atoms with Gasteiger partial charge in [0.1, 0.15) is 0 Å². The summed E-state index contributed by atoms with van der Waals surface area (Å²) in [5.41, 5.74) is 0. The minimum atomic E-state index is -3.75. The third kappa shape index (κ3) is 4.38. The highest BCUT2D eigenvalue weighted by atomic mass is 32.2. The maximum atomic E-state index is 13.4. The molecule has 2 saturated heterocycles. The second-order valence-electron chi connectivity index (χ2n) is 7.43. The van der Waals surface area contributed by atoms with E-state index in [2.05, 4.69) is 11.8 Å². The zero-order chi connectivity index (χ0) is 18.0. The minimum absolute atomic E-state index is 0.172. The van der Waals surface area contributed by atoms with Crippen molar-refractivity contribution in [2.24, 2.45) is 11.8 Å². The van der Waals surface area contributed by atoms with E-state index in [0.29, 0.717) is 19.0 Å². The Morgan fingerprint density at radius 1 is 1.08 bits per heavy atom. The van der Waals surface area contributed by atoms with Crippen LogP contribution in [-0.4, -0.2) is 50.3 Å². The molecule has 0 radical (unpaired) electrons.